The SMILES string of the molecule is CCC(N)Cc1cnc(Oc2ccc(Cl)cc2)nc1. The van der Waals surface area contributed by atoms with Crippen LogP contribution in [0.4, 0.5) is 0 Å². The molecule has 5 heteroatoms. The number of nitrogens with zero attached hydrogens (tertiary/aromatic N) is 2. The number of benzene rings is 1. The minimum atomic E-state index is 0.145. The van der Waals surface area contributed by atoms with Crippen LogP contribution in [0, 0.1) is 0 Å². The Hall–Kier alpha value is -1.65. The van der Waals surface area contributed by atoms with Crippen molar-refractivity contribution in [1.82, 2.24) is 9.97 Å². The van der Waals surface area contributed by atoms with Crippen molar-refractivity contribution in [1.29, 1.82) is 0 Å². The second kappa shape index (κ2) is 6.50. The average Bonchev–Trinajstić information content (AvgIpc) is 2.43. The fourth-order valence-electron chi connectivity index (χ4n) is 1.56. The van der Waals surface area contributed by atoms with Gasteiger partial charge in [0.25, 0.3) is 0 Å². The lowest BCUT2D eigenvalue weighted by atomic mass is 10.1. The predicted octanol–water partition coefficient (Wildman–Crippen LogP) is 3.20. The minimum absolute atomic E-state index is 0.145. The van der Waals surface area contributed by atoms with Crippen molar-refractivity contribution >= 4 is 11.6 Å². The lowest BCUT2D eigenvalue weighted by Gasteiger charge is -2.08. The molecule has 0 bridgehead atoms. The molecule has 0 aliphatic rings. The van der Waals surface area contributed by atoms with Crippen molar-refractivity contribution in [3.05, 3.63) is 47.2 Å². The van der Waals surface area contributed by atoms with E-state index in [1.54, 1.807) is 36.7 Å². The summed E-state index contributed by atoms with van der Waals surface area (Å²) >= 11 is 5.80. The lowest BCUT2D eigenvalue weighted by Crippen LogP contribution is -2.21. The second-order valence-electron chi connectivity index (χ2n) is 4.30. The highest BCUT2D eigenvalue weighted by atomic mass is 35.5. The second-order valence-corrected chi connectivity index (χ2v) is 4.74. The van der Waals surface area contributed by atoms with Gasteiger partial charge in [-0.1, -0.05) is 18.5 Å². The number of hydrogen-bond acceptors (Lipinski definition) is 4. The first kappa shape index (κ1) is 13.8. The van der Waals surface area contributed by atoms with E-state index < -0.39 is 0 Å². The van der Waals surface area contributed by atoms with E-state index >= 15 is 0 Å². The number of nitrogens with two attached hydrogens (primary N) is 1. The smallest absolute Gasteiger partial charge is 0.321 e. The molecule has 2 rings (SSSR count). The highest BCUT2D eigenvalue weighted by Crippen LogP contribution is 2.20. The van der Waals surface area contributed by atoms with E-state index in [0.29, 0.717) is 16.8 Å². The maximum Gasteiger partial charge on any atom is 0.321 e. The fourth-order valence-corrected chi connectivity index (χ4v) is 1.68. The Bertz CT molecular complexity index is 513. The quantitative estimate of drug-likeness (QED) is 0.912. The highest BCUT2D eigenvalue weighted by Gasteiger charge is 2.04. The first-order valence-corrected chi connectivity index (χ1v) is 6.55. The molecular formula is C14H16ClN3O. The van der Waals surface area contributed by atoms with Crippen LogP contribution in [0.1, 0.15) is 18.9 Å². The summed E-state index contributed by atoms with van der Waals surface area (Å²) in [7, 11) is 0. The van der Waals surface area contributed by atoms with Crippen LogP contribution in [-0.2, 0) is 6.42 Å². The van der Waals surface area contributed by atoms with Crippen molar-refractivity contribution in [2.24, 2.45) is 5.73 Å². The van der Waals surface area contributed by atoms with E-state index in [4.69, 9.17) is 22.1 Å². The van der Waals surface area contributed by atoms with Crippen LogP contribution in [0.3, 0.4) is 0 Å². The van der Waals surface area contributed by atoms with Crippen LogP contribution in [-0.4, -0.2) is 16.0 Å². The predicted molar refractivity (Wildman–Crippen MR) is 75.5 cm³/mol. The molecule has 1 aromatic heterocycles. The Morgan fingerprint density at radius 2 is 1.84 bits per heavy atom. The van der Waals surface area contributed by atoms with E-state index in [9.17, 15) is 0 Å². The van der Waals surface area contributed by atoms with Gasteiger partial charge in [0.05, 0.1) is 0 Å². The Labute approximate surface area is 117 Å². The zero-order valence-electron chi connectivity index (χ0n) is 10.7. The first-order chi connectivity index (χ1) is 9.17. The van der Waals surface area contributed by atoms with E-state index in [-0.39, 0.29) is 6.04 Å². The summed E-state index contributed by atoms with van der Waals surface area (Å²) in [6.45, 7) is 2.06. The van der Waals surface area contributed by atoms with E-state index in [1.165, 1.54) is 0 Å². The Morgan fingerprint density at radius 3 is 2.42 bits per heavy atom. The van der Waals surface area contributed by atoms with Gasteiger partial charge in [0.1, 0.15) is 5.75 Å². The molecule has 0 saturated carbocycles. The van der Waals surface area contributed by atoms with Gasteiger partial charge in [-0.2, -0.15) is 0 Å². The van der Waals surface area contributed by atoms with Gasteiger partial charge in [0.2, 0.25) is 0 Å². The zero-order chi connectivity index (χ0) is 13.7. The molecule has 2 aromatic rings. The Kier molecular flexibility index (Phi) is 4.71. The van der Waals surface area contributed by atoms with Gasteiger partial charge >= 0.3 is 6.01 Å². The molecule has 2 N–H and O–H groups in total. The maximum atomic E-state index is 5.88. The van der Waals surface area contributed by atoms with Gasteiger partial charge in [-0.3, -0.25) is 0 Å². The molecule has 0 saturated heterocycles. The van der Waals surface area contributed by atoms with Crippen molar-refractivity contribution in [3.8, 4) is 11.8 Å². The van der Waals surface area contributed by atoms with Gasteiger partial charge in [0.15, 0.2) is 0 Å². The third-order valence-electron chi connectivity index (χ3n) is 2.73. The highest BCUT2D eigenvalue weighted by molar-refractivity contribution is 6.30. The standard InChI is InChI=1S/C14H16ClN3O/c1-2-12(16)7-10-8-17-14(18-9-10)19-13-5-3-11(15)4-6-13/h3-6,8-9,12H,2,7,16H2,1H3. The van der Waals surface area contributed by atoms with Crippen LogP contribution in [0.2, 0.25) is 5.02 Å². The summed E-state index contributed by atoms with van der Waals surface area (Å²) < 4.78 is 5.51. The normalized spacial score (nSPS) is 12.2. The molecule has 0 aliphatic carbocycles. The van der Waals surface area contributed by atoms with E-state index in [0.717, 1.165) is 18.4 Å². The zero-order valence-corrected chi connectivity index (χ0v) is 11.5. The average molecular weight is 278 g/mol. The molecule has 0 fully saturated rings. The third kappa shape index (κ3) is 4.19. The van der Waals surface area contributed by atoms with Gasteiger partial charge in [-0.05, 0) is 42.7 Å². The summed E-state index contributed by atoms with van der Waals surface area (Å²) in [6.07, 6.45) is 5.20. The third-order valence-corrected chi connectivity index (χ3v) is 2.98. The van der Waals surface area contributed by atoms with Gasteiger partial charge in [0, 0.05) is 23.5 Å². The summed E-state index contributed by atoms with van der Waals surface area (Å²) in [5.74, 6) is 0.655. The molecule has 1 atom stereocenters. The monoisotopic (exact) mass is 277 g/mol. The van der Waals surface area contributed by atoms with Crippen molar-refractivity contribution in [2.75, 3.05) is 0 Å². The van der Waals surface area contributed by atoms with Crippen LogP contribution in [0.5, 0.6) is 11.8 Å². The molecular weight excluding hydrogens is 262 g/mol. The van der Waals surface area contributed by atoms with Crippen molar-refractivity contribution < 1.29 is 4.74 Å². The number of ether oxygens (including phenoxy) is 1. The molecule has 0 radical (unpaired) electrons. The molecule has 1 aromatic carbocycles. The number of rotatable bonds is 5. The summed E-state index contributed by atoms with van der Waals surface area (Å²) in [5.41, 5.74) is 6.89. The van der Waals surface area contributed by atoms with Crippen LogP contribution >= 0.6 is 11.6 Å². The van der Waals surface area contributed by atoms with Crippen LogP contribution < -0.4 is 10.5 Å². The molecule has 4 nitrogen and oxygen atoms in total. The van der Waals surface area contributed by atoms with Crippen molar-refractivity contribution in [2.45, 2.75) is 25.8 Å². The number of hydrogen-bond donors (Lipinski definition) is 1. The topological polar surface area (TPSA) is 61.0 Å². The Morgan fingerprint density at radius 1 is 1.21 bits per heavy atom. The fraction of sp³-hybridized carbons (Fsp3) is 0.286. The van der Waals surface area contributed by atoms with Crippen LogP contribution in [0.25, 0.3) is 0 Å². The molecule has 0 aliphatic heterocycles. The Balaban J connectivity index is 2.00. The first-order valence-electron chi connectivity index (χ1n) is 6.17. The molecule has 1 heterocycles. The van der Waals surface area contributed by atoms with E-state index in [2.05, 4.69) is 16.9 Å². The number of halogens is 1. The molecule has 0 amide bonds. The minimum Gasteiger partial charge on any atom is -0.424 e. The summed E-state index contributed by atoms with van der Waals surface area (Å²) in [4.78, 5) is 8.32. The summed E-state index contributed by atoms with van der Waals surface area (Å²) in [5, 5.41) is 0.664. The van der Waals surface area contributed by atoms with Gasteiger partial charge in [-0.15, -0.1) is 0 Å². The van der Waals surface area contributed by atoms with Gasteiger partial charge in [-0.25, -0.2) is 9.97 Å². The summed E-state index contributed by atoms with van der Waals surface area (Å²) in [6, 6.07) is 7.51. The molecule has 19 heavy (non-hydrogen) atoms. The maximum absolute atomic E-state index is 5.88. The van der Waals surface area contributed by atoms with Crippen molar-refractivity contribution in [3.63, 3.8) is 0 Å². The largest absolute Gasteiger partial charge is 0.424 e. The van der Waals surface area contributed by atoms with E-state index in [1.807, 2.05) is 0 Å². The van der Waals surface area contributed by atoms with Crippen LogP contribution in [0.15, 0.2) is 36.7 Å². The van der Waals surface area contributed by atoms with Gasteiger partial charge < -0.3 is 10.5 Å². The molecule has 0 spiro atoms. The number of aromatic nitrogens is 2. The molecule has 100 valence electrons. The lowest BCUT2D eigenvalue weighted by molar-refractivity contribution is 0.440. The molecule has 1 unspecified atom stereocenters.